The second-order valence-corrected chi connectivity index (χ2v) is 14.2. The van der Waals surface area contributed by atoms with Gasteiger partial charge in [0.25, 0.3) is 0 Å². The average Bonchev–Trinajstić information content (AvgIpc) is 3.74. The molecule has 5 heterocycles. The van der Waals surface area contributed by atoms with Crippen LogP contribution in [0.2, 0.25) is 0 Å². The maximum absolute atomic E-state index is 9.80. The monoisotopic (exact) mass is 610 g/mol. The van der Waals surface area contributed by atoms with Crippen LogP contribution in [0.3, 0.4) is 0 Å². The Bertz CT molecular complexity index is 2100. The van der Waals surface area contributed by atoms with Crippen LogP contribution in [-0.4, -0.2) is 38.3 Å². The van der Waals surface area contributed by atoms with Gasteiger partial charge in [-0.2, -0.15) is 0 Å². The molecular weight excluding hydrogens is 568 g/mol. The third kappa shape index (κ3) is 5.62. The smallest absolute Gasteiger partial charge is 0.164 e. The van der Waals surface area contributed by atoms with Crippen LogP contribution in [0.25, 0.3) is 44.3 Å². The van der Waals surface area contributed by atoms with Gasteiger partial charge >= 0.3 is 0 Å². The number of ether oxygens (including phenoxy) is 1. The van der Waals surface area contributed by atoms with Crippen molar-refractivity contribution in [2.45, 2.75) is 65.2 Å². The first-order chi connectivity index (χ1) is 22.0. The molecule has 234 valence electrons. The molecule has 2 aliphatic heterocycles. The van der Waals surface area contributed by atoms with Gasteiger partial charge < -0.3 is 19.8 Å². The van der Waals surface area contributed by atoms with E-state index in [0.29, 0.717) is 12.2 Å². The first kappa shape index (κ1) is 30.0. The van der Waals surface area contributed by atoms with E-state index in [-0.39, 0.29) is 24.0 Å². The Morgan fingerprint density at radius 1 is 0.674 bits per heavy atom. The first-order valence-electron chi connectivity index (χ1n) is 16.1. The summed E-state index contributed by atoms with van der Waals surface area (Å²) in [7, 11) is 0. The molecule has 0 radical (unpaired) electrons. The second-order valence-electron chi connectivity index (χ2n) is 14.2. The van der Waals surface area contributed by atoms with E-state index in [1.165, 1.54) is 11.1 Å². The summed E-state index contributed by atoms with van der Waals surface area (Å²) in [6, 6.07) is 28.2. The number of aliphatic hydroxyl groups excluding tert-OH is 1. The number of rotatable bonds is 5. The first-order valence-corrected chi connectivity index (χ1v) is 16.1. The molecule has 0 fully saturated rings. The zero-order chi connectivity index (χ0) is 32.2. The Labute approximate surface area is 270 Å². The molecule has 46 heavy (non-hydrogen) atoms. The third-order valence-electron chi connectivity index (χ3n) is 9.31. The van der Waals surface area contributed by atoms with Gasteiger partial charge in [-0.25, -0.2) is 0 Å². The molecule has 6 nitrogen and oxygen atoms in total. The fourth-order valence-electron chi connectivity index (χ4n) is 6.66. The molecule has 5 aromatic rings. The largest absolute Gasteiger partial charge is 0.487 e. The molecule has 3 N–H and O–H groups in total. The van der Waals surface area contributed by atoms with E-state index in [2.05, 4.69) is 130 Å². The van der Waals surface area contributed by atoms with Crippen LogP contribution in [0.4, 0.5) is 0 Å². The minimum atomic E-state index is -0.235. The summed E-state index contributed by atoms with van der Waals surface area (Å²) in [5, 5.41) is 9.80. The van der Waals surface area contributed by atoms with Gasteiger partial charge in [-0.1, -0.05) is 87.4 Å². The average molecular weight is 611 g/mol. The zero-order valence-corrected chi connectivity index (χ0v) is 27.6. The molecule has 2 aromatic carbocycles. The Hall–Kier alpha value is -4.68. The lowest BCUT2D eigenvalue weighted by Crippen LogP contribution is -2.15. The molecule has 0 aliphatic carbocycles. The lowest BCUT2D eigenvalue weighted by atomic mass is 9.86. The van der Waals surface area contributed by atoms with Crippen LogP contribution in [0.5, 0.6) is 5.75 Å². The van der Waals surface area contributed by atoms with Gasteiger partial charge in [-0.15, -0.1) is 0 Å². The quantitative estimate of drug-likeness (QED) is 0.186. The minimum absolute atomic E-state index is 0.0847. The standard InChI is InChI=1S/C40H42N4O2/c1-24-7-11-26(12-8-24)30-18-28-17-29-22-39(3,4)36(42-29)21-33-31(27-13-9-25(2)10-14-27)19-34(43-33)38(46-16-15-45)35-23-40(5,6)37(44-35)20-32(30)41-28/h7-14,17-21,41,43,45H,15-16,22-23H2,1-6H3. The highest BCUT2D eigenvalue weighted by Crippen LogP contribution is 2.40. The molecule has 2 aliphatic rings. The van der Waals surface area contributed by atoms with E-state index in [1.54, 1.807) is 0 Å². The van der Waals surface area contributed by atoms with E-state index in [9.17, 15) is 5.11 Å². The Morgan fingerprint density at radius 2 is 1.24 bits per heavy atom. The number of hydrogen-bond donors (Lipinski definition) is 3. The minimum Gasteiger partial charge on any atom is -0.487 e. The van der Waals surface area contributed by atoms with Gasteiger partial charge in [0.2, 0.25) is 0 Å². The number of benzene rings is 2. The summed E-state index contributed by atoms with van der Waals surface area (Å²) in [6.45, 7) is 13.3. The summed E-state index contributed by atoms with van der Waals surface area (Å²) < 4.78 is 6.32. The molecule has 3 aromatic heterocycles. The normalized spacial score (nSPS) is 15.2. The van der Waals surface area contributed by atoms with Crippen molar-refractivity contribution < 1.29 is 9.84 Å². The fourth-order valence-corrected chi connectivity index (χ4v) is 6.66. The number of aromatic nitrogens is 4. The second kappa shape index (κ2) is 11.3. The predicted octanol–water partition coefficient (Wildman–Crippen LogP) is 8.68. The lowest BCUT2D eigenvalue weighted by molar-refractivity contribution is 0.201. The molecule has 8 bridgehead atoms. The molecule has 0 unspecified atom stereocenters. The van der Waals surface area contributed by atoms with Gasteiger partial charge in [0, 0.05) is 68.4 Å². The van der Waals surface area contributed by atoms with Crippen LogP contribution in [0.15, 0.2) is 78.9 Å². The molecule has 0 amide bonds. The zero-order valence-electron chi connectivity index (χ0n) is 27.6. The van der Waals surface area contributed by atoms with Crippen LogP contribution >= 0.6 is 0 Å². The number of aliphatic hydroxyl groups is 1. The van der Waals surface area contributed by atoms with Crippen LogP contribution in [0, 0.1) is 13.8 Å². The van der Waals surface area contributed by atoms with Gasteiger partial charge in [-0.05, 0) is 55.3 Å². The Balaban J connectivity index is 1.60. The summed E-state index contributed by atoms with van der Waals surface area (Å²) in [5.74, 6) is 0.671. The van der Waals surface area contributed by atoms with Crippen molar-refractivity contribution in [2.24, 2.45) is 0 Å². The molecule has 6 heteroatoms. The number of nitrogens with zero attached hydrogens (tertiary/aromatic N) is 2. The highest BCUT2D eigenvalue weighted by Gasteiger charge is 2.32. The molecule has 0 saturated carbocycles. The highest BCUT2D eigenvalue weighted by molar-refractivity contribution is 5.88. The van der Waals surface area contributed by atoms with Crippen molar-refractivity contribution in [1.82, 2.24) is 19.9 Å². The van der Waals surface area contributed by atoms with Crippen molar-refractivity contribution in [2.75, 3.05) is 13.2 Å². The maximum Gasteiger partial charge on any atom is 0.164 e. The van der Waals surface area contributed by atoms with Crippen LogP contribution in [0.1, 0.15) is 61.6 Å². The highest BCUT2D eigenvalue weighted by atomic mass is 16.5. The number of aromatic amines is 2. The Kier molecular flexibility index (Phi) is 7.36. The Morgan fingerprint density at radius 3 is 1.87 bits per heavy atom. The van der Waals surface area contributed by atoms with Gasteiger partial charge in [0.05, 0.1) is 17.8 Å². The summed E-state index contributed by atoms with van der Waals surface area (Å²) in [6.07, 6.45) is 1.54. The fraction of sp³-hybridized carbons (Fsp3) is 0.300. The van der Waals surface area contributed by atoms with Crippen molar-refractivity contribution in [3.05, 3.63) is 113 Å². The van der Waals surface area contributed by atoms with Gasteiger partial charge in [0.15, 0.2) is 5.75 Å². The molecular formula is C40H42N4O2. The van der Waals surface area contributed by atoms with Crippen molar-refractivity contribution in [1.29, 1.82) is 0 Å². The maximum atomic E-state index is 9.80. The lowest BCUT2D eigenvalue weighted by Gasteiger charge is -2.16. The molecule has 0 saturated heterocycles. The van der Waals surface area contributed by atoms with E-state index in [0.717, 1.165) is 73.5 Å². The topological polar surface area (TPSA) is 86.8 Å². The summed E-state index contributed by atoms with van der Waals surface area (Å²) in [4.78, 5) is 17.9. The van der Waals surface area contributed by atoms with Crippen molar-refractivity contribution >= 4 is 22.1 Å². The van der Waals surface area contributed by atoms with Crippen LogP contribution < -0.4 is 4.74 Å². The van der Waals surface area contributed by atoms with Gasteiger partial charge in [0.1, 0.15) is 6.61 Å². The summed E-state index contributed by atoms with van der Waals surface area (Å²) in [5.41, 5.74) is 14.3. The number of H-pyrrole nitrogens is 2. The predicted molar refractivity (Wildman–Crippen MR) is 187 cm³/mol. The van der Waals surface area contributed by atoms with E-state index in [1.807, 2.05) is 0 Å². The van der Waals surface area contributed by atoms with E-state index < -0.39 is 0 Å². The van der Waals surface area contributed by atoms with E-state index >= 15 is 0 Å². The number of fused-ring (bicyclic) bond motifs is 8. The third-order valence-corrected chi connectivity index (χ3v) is 9.31. The van der Waals surface area contributed by atoms with E-state index in [4.69, 9.17) is 14.7 Å². The molecule has 0 atom stereocenters. The summed E-state index contributed by atoms with van der Waals surface area (Å²) >= 11 is 0. The SMILES string of the molecule is Cc1ccc(-c2cc3cc4nc(cc5[nH]c(cc5-c5ccc(C)cc5)c(OCCO)c5nc(cc2[nH]3)C(C)(C)C5)C(C)(C)C4)cc1. The number of nitrogens with one attached hydrogen (secondary N) is 2. The van der Waals surface area contributed by atoms with Gasteiger partial charge in [-0.3, -0.25) is 9.97 Å². The number of aryl methyl sites for hydroxylation is 2. The molecule has 0 spiro atoms. The van der Waals surface area contributed by atoms with Crippen molar-refractivity contribution in [3.63, 3.8) is 0 Å². The number of hydrogen-bond acceptors (Lipinski definition) is 4. The van der Waals surface area contributed by atoms with Crippen molar-refractivity contribution in [3.8, 4) is 28.0 Å². The van der Waals surface area contributed by atoms with Crippen LogP contribution in [-0.2, 0) is 23.7 Å². The molecule has 7 rings (SSSR count).